The van der Waals surface area contributed by atoms with E-state index in [4.69, 9.17) is 9.47 Å². The van der Waals surface area contributed by atoms with Gasteiger partial charge in [-0.15, -0.1) is 0 Å². The number of piperazine rings is 1. The summed E-state index contributed by atoms with van der Waals surface area (Å²) in [5.74, 6) is 1.23. The minimum atomic E-state index is -0.179. The number of amides is 2. The molecule has 0 aromatic heterocycles. The molecule has 1 saturated heterocycles. The van der Waals surface area contributed by atoms with Gasteiger partial charge in [0.05, 0.1) is 20.8 Å². The lowest BCUT2D eigenvalue weighted by atomic mass is 10.1. The Morgan fingerprint density at radius 3 is 2.36 bits per heavy atom. The van der Waals surface area contributed by atoms with Crippen LogP contribution in [0.2, 0.25) is 0 Å². The molecule has 0 aliphatic carbocycles. The summed E-state index contributed by atoms with van der Waals surface area (Å²) < 4.78 is 10.5. The Hall–Kier alpha value is -3.28. The van der Waals surface area contributed by atoms with Gasteiger partial charge < -0.3 is 19.3 Å². The molecule has 0 unspecified atom stereocenters. The lowest BCUT2D eigenvalue weighted by Crippen LogP contribution is -2.50. The second kappa shape index (κ2) is 8.17. The summed E-state index contributed by atoms with van der Waals surface area (Å²) in [7, 11) is 4.86. The Bertz CT molecular complexity index is 919. The summed E-state index contributed by atoms with van der Waals surface area (Å²) in [6.45, 7) is 2.33. The van der Waals surface area contributed by atoms with Crippen LogP contribution in [0.15, 0.2) is 48.2 Å². The van der Waals surface area contributed by atoms with Crippen LogP contribution in [0.1, 0.15) is 16.7 Å². The van der Waals surface area contributed by atoms with Crippen molar-refractivity contribution >= 4 is 17.9 Å². The fourth-order valence-electron chi connectivity index (χ4n) is 3.18. The topological polar surface area (TPSA) is 59.1 Å². The molecule has 1 heterocycles. The molecule has 146 valence electrons. The molecular formula is C22H24N2O4. The number of benzene rings is 2. The summed E-state index contributed by atoms with van der Waals surface area (Å²) >= 11 is 0. The van der Waals surface area contributed by atoms with E-state index in [1.807, 2.05) is 49.4 Å². The number of rotatable bonds is 5. The van der Waals surface area contributed by atoms with Crippen molar-refractivity contribution in [1.82, 2.24) is 9.80 Å². The zero-order chi connectivity index (χ0) is 20.3. The van der Waals surface area contributed by atoms with Crippen LogP contribution in [0.3, 0.4) is 0 Å². The van der Waals surface area contributed by atoms with Gasteiger partial charge in [0.2, 0.25) is 5.91 Å². The Labute approximate surface area is 165 Å². The molecule has 0 N–H and O–H groups in total. The maximum absolute atomic E-state index is 12.8. The third-order valence-electron chi connectivity index (χ3n) is 4.75. The monoisotopic (exact) mass is 380 g/mol. The van der Waals surface area contributed by atoms with Crippen molar-refractivity contribution in [2.24, 2.45) is 0 Å². The first-order valence-electron chi connectivity index (χ1n) is 8.98. The predicted molar refractivity (Wildman–Crippen MR) is 107 cm³/mol. The van der Waals surface area contributed by atoms with E-state index in [9.17, 15) is 9.59 Å². The molecule has 28 heavy (non-hydrogen) atoms. The Balaban J connectivity index is 1.96. The van der Waals surface area contributed by atoms with E-state index in [1.165, 1.54) is 4.90 Å². The van der Waals surface area contributed by atoms with Gasteiger partial charge in [0.25, 0.3) is 5.91 Å². The number of aryl methyl sites for hydroxylation is 1. The highest BCUT2D eigenvalue weighted by atomic mass is 16.5. The number of methoxy groups -OCH3 is 2. The number of carbonyl (C=O) groups excluding carboxylic acids is 2. The van der Waals surface area contributed by atoms with Crippen LogP contribution < -0.4 is 9.47 Å². The molecule has 2 amide bonds. The SMILES string of the molecule is COc1ccc(CN2C(=O)CN(C)C(=O)/C2=C/c2ccc(OC)c(C)c2)cc1. The van der Waals surface area contributed by atoms with Gasteiger partial charge in [-0.25, -0.2) is 0 Å². The van der Waals surface area contributed by atoms with Crippen LogP contribution in [-0.2, 0) is 16.1 Å². The lowest BCUT2D eigenvalue weighted by Gasteiger charge is -2.34. The maximum atomic E-state index is 12.8. The van der Waals surface area contributed by atoms with Crippen LogP contribution in [0.25, 0.3) is 6.08 Å². The minimum absolute atomic E-state index is 0.0635. The van der Waals surface area contributed by atoms with Crippen molar-refractivity contribution in [3.05, 3.63) is 64.9 Å². The summed E-state index contributed by atoms with van der Waals surface area (Å²) in [5.41, 5.74) is 3.08. The van der Waals surface area contributed by atoms with Crippen LogP contribution in [0.4, 0.5) is 0 Å². The number of nitrogens with zero attached hydrogens (tertiary/aromatic N) is 2. The molecule has 6 heteroatoms. The van der Waals surface area contributed by atoms with Crippen LogP contribution >= 0.6 is 0 Å². The molecule has 0 spiro atoms. The van der Waals surface area contributed by atoms with E-state index < -0.39 is 0 Å². The molecule has 6 nitrogen and oxygen atoms in total. The first-order chi connectivity index (χ1) is 13.4. The van der Waals surface area contributed by atoms with Gasteiger partial charge >= 0.3 is 0 Å². The van der Waals surface area contributed by atoms with Crippen LogP contribution in [0, 0.1) is 6.92 Å². The lowest BCUT2D eigenvalue weighted by molar-refractivity contribution is -0.144. The second-order valence-electron chi connectivity index (χ2n) is 6.75. The highest BCUT2D eigenvalue weighted by molar-refractivity contribution is 6.05. The number of ether oxygens (including phenoxy) is 2. The fourth-order valence-corrected chi connectivity index (χ4v) is 3.18. The first kappa shape index (κ1) is 19.5. The largest absolute Gasteiger partial charge is 0.497 e. The summed E-state index contributed by atoms with van der Waals surface area (Å²) in [6.07, 6.45) is 1.76. The smallest absolute Gasteiger partial charge is 0.270 e. The van der Waals surface area contributed by atoms with E-state index in [0.29, 0.717) is 12.2 Å². The van der Waals surface area contributed by atoms with Crippen LogP contribution in [-0.4, -0.2) is 49.4 Å². The molecule has 0 atom stereocenters. The zero-order valence-electron chi connectivity index (χ0n) is 16.6. The van der Waals surface area contributed by atoms with Gasteiger partial charge in [0.15, 0.2) is 0 Å². The van der Waals surface area contributed by atoms with E-state index in [0.717, 1.165) is 28.2 Å². The van der Waals surface area contributed by atoms with E-state index in [2.05, 4.69) is 0 Å². The second-order valence-corrected chi connectivity index (χ2v) is 6.75. The molecule has 2 aromatic rings. The van der Waals surface area contributed by atoms with Gasteiger partial charge in [-0.3, -0.25) is 9.59 Å². The molecule has 1 fully saturated rings. The van der Waals surface area contributed by atoms with Gasteiger partial charge in [-0.2, -0.15) is 0 Å². The van der Waals surface area contributed by atoms with Crippen molar-refractivity contribution in [3.8, 4) is 11.5 Å². The number of hydrogen-bond acceptors (Lipinski definition) is 4. The first-order valence-corrected chi connectivity index (χ1v) is 8.98. The van der Waals surface area contributed by atoms with Gasteiger partial charge in [0.1, 0.15) is 23.7 Å². The number of likely N-dealkylation sites (N-methyl/N-ethyl adjacent to an activating group) is 1. The van der Waals surface area contributed by atoms with Crippen molar-refractivity contribution in [2.45, 2.75) is 13.5 Å². The van der Waals surface area contributed by atoms with E-state index in [-0.39, 0.29) is 18.4 Å². The Morgan fingerprint density at radius 2 is 1.75 bits per heavy atom. The summed E-state index contributed by atoms with van der Waals surface area (Å²) in [5, 5.41) is 0. The molecule has 1 aliphatic heterocycles. The van der Waals surface area contributed by atoms with Gasteiger partial charge in [-0.1, -0.05) is 18.2 Å². The average molecular weight is 380 g/mol. The van der Waals surface area contributed by atoms with Crippen molar-refractivity contribution in [3.63, 3.8) is 0 Å². The number of carbonyl (C=O) groups is 2. The predicted octanol–water partition coefficient (Wildman–Crippen LogP) is 2.85. The molecule has 0 saturated carbocycles. The van der Waals surface area contributed by atoms with Crippen molar-refractivity contribution < 1.29 is 19.1 Å². The normalized spacial score (nSPS) is 15.9. The Morgan fingerprint density at radius 1 is 1.04 bits per heavy atom. The standard InChI is InChI=1S/C22H24N2O4/c1-15-11-17(7-10-20(15)28-4)12-19-22(26)23(2)14-21(25)24(19)13-16-5-8-18(27-3)9-6-16/h5-12H,13-14H2,1-4H3/b19-12-. The highest BCUT2D eigenvalue weighted by Gasteiger charge is 2.33. The molecule has 3 rings (SSSR count). The minimum Gasteiger partial charge on any atom is -0.497 e. The summed E-state index contributed by atoms with van der Waals surface area (Å²) in [4.78, 5) is 28.5. The number of hydrogen-bond donors (Lipinski definition) is 0. The molecular weight excluding hydrogens is 356 g/mol. The third kappa shape index (κ3) is 4.01. The molecule has 2 aromatic carbocycles. The van der Waals surface area contributed by atoms with E-state index in [1.54, 1.807) is 32.2 Å². The molecule has 1 aliphatic rings. The average Bonchev–Trinajstić information content (AvgIpc) is 2.69. The fraction of sp³-hybridized carbons (Fsp3) is 0.273. The molecule has 0 radical (unpaired) electrons. The van der Waals surface area contributed by atoms with Crippen molar-refractivity contribution in [2.75, 3.05) is 27.8 Å². The van der Waals surface area contributed by atoms with Crippen LogP contribution in [0.5, 0.6) is 11.5 Å². The zero-order valence-corrected chi connectivity index (χ0v) is 16.6. The Kier molecular flexibility index (Phi) is 5.68. The highest BCUT2D eigenvalue weighted by Crippen LogP contribution is 2.25. The van der Waals surface area contributed by atoms with E-state index >= 15 is 0 Å². The third-order valence-corrected chi connectivity index (χ3v) is 4.75. The molecule has 0 bridgehead atoms. The summed E-state index contributed by atoms with van der Waals surface area (Å²) in [6, 6.07) is 13.1. The quantitative estimate of drug-likeness (QED) is 0.749. The van der Waals surface area contributed by atoms with Gasteiger partial charge in [-0.05, 0) is 54.0 Å². The maximum Gasteiger partial charge on any atom is 0.270 e. The van der Waals surface area contributed by atoms with Crippen molar-refractivity contribution in [1.29, 1.82) is 0 Å². The van der Waals surface area contributed by atoms with Gasteiger partial charge in [0, 0.05) is 7.05 Å².